The number of aliphatic carboxylic acids is 2. The quantitative estimate of drug-likeness (QED) is 0.500. The molecule has 0 saturated carbocycles. The first-order valence-corrected chi connectivity index (χ1v) is 3.61. The van der Waals surface area contributed by atoms with Crippen LogP contribution in [0.1, 0.15) is 13.3 Å². The summed E-state index contributed by atoms with van der Waals surface area (Å²) >= 11 is 0. The minimum atomic E-state index is -1.27. The molecule has 0 fully saturated rings. The predicted octanol–water partition coefficient (Wildman–Crippen LogP) is -0.907. The van der Waals surface area contributed by atoms with Crippen molar-refractivity contribution in [3.05, 3.63) is 0 Å². The first-order chi connectivity index (χ1) is 5.93. The first-order valence-electron chi connectivity index (χ1n) is 3.61. The molecule has 3 N–H and O–H groups in total. The van der Waals surface area contributed by atoms with E-state index in [9.17, 15) is 14.4 Å². The highest BCUT2D eigenvalue weighted by Crippen LogP contribution is 1.91. The molecular formula is C7H11NO5. The second-order valence-corrected chi connectivity index (χ2v) is 2.57. The van der Waals surface area contributed by atoms with Crippen molar-refractivity contribution >= 4 is 17.7 Å². The van der Waals surface area contributed by atoms with Gasteiger partial charge < -0.3 is 10.2 Å². The lowest BCUT2D eigenvalue weighted by Gasteiger charge is -2.09. The zero-order chi connectivity index (χ0) is 10.4. The largest absolute Gasteiger partial charge is 0.481 e. The third-order valence-electron chi connectivity index (χ3n) is 1.27. The van der Waals surface area contributed by atoms with Crippen molar-refractivity contribution in [2.45, 2.75) is 19.4 Å². The van der Waals surface area contributed by atoms with Crippen molar-refractivity contribution in [3.63, 3.8) is 0 Å². The number of ketones is 1. The predicted molar refractivity (Wildman–Crippen MR) is 42.4 cm³/mol. The van der Waals surface area contributed by atoms with E-state index in [4.69, 9.17) is 10.2 Å². The molecule has 0 aromatic heterocycles. The molecule has 0 aromatic carbocycles. The molecule has 1 unspecified atom stereocenters. The van der Waals surface area contributed by atoms with E-state index in [1.54, 1.807) is 0 Å². The van der Waals surface area contributed by atoms with Gasteiger partial charge in [0.05, 0.1) is 13.0 Å². The number of hydrogen-bond donors (Lipinski definition) is 3. The van der Waals surface area contributed by atoms with Crippen LogP contribution >= 0.6 is 0 Å². The number of rotatable bonds is 6. The second kappa shape index (κ2) is 5.26. The van der Waals surface area contributed by atoms with Crippen LogP contribution in [-0.4, -0.2) is 40.5 Å². The summed E-state index contributed by atoms with van der Waals surface area (Å²) in [5.41, 5.74) is 0. The van der Waals surface area contributed by atoms with E-state index in [2.05, 4.69) is 5.32 Å². The fraction of sp³-hybridized carbons (Fsp3) is 0.571. The number of Topliss-reactive ketones (excluding diaryl/α,β-unsaturated/α-hetero) is 1. The molecule has 0 rings (SSSR count). The molecule has 0 spiro atoms. The summed E-state index contributed by atoms with van der Waals surface area (Å²) in [5.74, 6) is -2.73. The van der Waals surface area contributed by atoms with E-state index in [1.807, 2.05) is 0 Å². The summed E-state index contributed by atoms with van der Waals surface area (Å²) in [6, 6.07) is -1.21. The summed E-state index contributed by atoms with van der Waals surface area (Å²) in [5, 5.41) is 19.1. The van der Waals surface area contributed by atoms with Crippen LogP contribution in [0.4, 0.5) is 0 Å². The number of carboxylic acid groups (broad SMARTS) is 2. The van der Waals surface area contributed by atoms with Gasteiger partial charge in [-0.05, 0) is 6.92 Å². The van der Waals surface area contributed by atoms with Gasteiger partial charge in [0.2, 0.25) is 0 Å². The second-order valence-electron chi connectivity index (χ2n) is 2.57. The van der Waals surface area contributed by atoms with Crippen LogP contribution in [0.25, 0.3) is 0 Å². The van der Waals surface area contributed by atoms with Crippen molar-refractivity contribution in [2.24, 2.45) is 0 Å². The SMILES string of the molecule is CC(=O)CNC(CC(=O)O)C(=O)O. The average molecular weight is 189 g/mol. The Morgan fingerprint density at radius 3 is 2.15 bits per heavy atom. The highest BCUT2D eigenvalue weighted by Gasteiger charge is 2.20. The Hall–Kier alpha value is -1.43. The molecule has 13 heavy (non-hydrogen) atoms. The molecule has 74 valence electrons. The van der Waals surface area contributed by atoms with E-state index < -0.39 is 24.4 Å². The molecule has 0 aliphatic heterocycles. The van der Waals surface area contributed by atoms with Crippen molar-refractivity contribution < 1.29 is 24.6 Å². The van der Waals surface area contributed by atoms with Gasteiger partial charge in [-0.25, -0.2) is 0 Å². The summed E-state index contributed by atoms with van der Waals surface area (Å²) in [6.07, 6.45) is -0.539. The minimum Gasteiger partial charge on any atom is -0.481 e. The van der Waals surface area contributed by atoms with Gasteiger partial charge in [-0.3, -0.25) is 19.7 Å². The molecule has 0 saturated heterocycles. The van der Waals surface area contributed by atoms with Gasteiger partial charge >= 0.3 is 11.9 Å². The number of carboxylic acids is 2. The summed E-state index contributed by atoms with van der Waals surface area (Å²) < 4.78 is 0. The zero-order valence-corrected chi connectivity index (χ0v) is 7.11. The Morgan fingerprint density at radius 1 is 1.31 bits per heavy atom. The monoisotopic (exact) mass is 189 g/mol. The number of nitrogens with one attached hydrogen (secondary N) is 1. The third-order valence-corrected chi connectivity index (χ3v) is 1.27. The molecule has 1 atom stereocenters. The standard InChI is InChI=1S/C7H11NO5/c1-4(9)3-8-5(7(12)13)2-6(10)11/h5,8H,2-3H2,1H3,(H,10,11)(H,12,13). The summed E-state index contributed by atoms with van der Waals surface area (Å²) in [4.78, 5) is 31.0. The topological polar surface area (TPSA) is 104 Å². The number of carbonyl (C=O) groups is 3. The van der Waals surface area contributed by atoms with Crippen molar-refractivity contribution in [1.82, 2.24) is 5.32 Å². The van der Waals surface area contributed by atoms with Crippen molar-refractivity contribution in [2.75, 3.05) is 6.54 Å². The van der Waals surface area contributed by atoms with Gasteiger partial charge in [-0.2, -0.15) is 0 Å². The lowest BCUT2D eigenvalue weighted by atomic mass is 10.2. The van der Waals surface area contributed by atoms with Crippen LogP contribution in [0.2, 0.25) is 0 Å². The van der Waals surface area contributed by atoms with Crippen LogP contribution in [0, 0.1) is 0 Å². The molecular weight excluding hydrogens is 178 g/mol. The van der Waals surface area contributed by atoms with Crippen LogP contribution in [0.3, 0.4) is 0 Å². The molecule has 6 heteroatoms. The highest BCUT2D eigenvalue weighted by molar-refractivity contribution is 5.82. The Kier molecular flexibility index (Phi) is 4.68. The highest BCUT2D eigenvalue weighted by atomic mass is 16.4. The van der Waals surface area contributed by atoms with Crippen LogP contribution < -0.4 is 5.32 Å². The van der Waals surface area contributed by atoms with Gasteiger partial charge in [0.25, 0.3) is 0 Å². The molecule has 0 aliphatic rings. The fourth-order valence-corrected chi connectivity index (χ4v) is 0.688. The van der Waals surface area contributed by atoms with E-state index in [0.29, 0.717) is 0 Å². The van der Waals surface area contributed by atoms with E-state index in [-0.39, 0.29) is 12.3 Å². The van der Waals surface area contributed by atoms with Crippen LogP contribution in [0.5, 0.6) is 0 Å². The Labute approximate surface area is 74.6 Å². The maximum atomic E-state index is 10.5. The molecule has 0 heterocycles. The Morgan fingerprint density at radius 2 is 1.85 bits per heavy atom. The Balaban J connectivity index is 4.02. The van der Waals surface area contributed by atoms with Gasteiger partial charge in [0.1, 0.15) is 11.8 Å². The third kappa shape index (κ3) is 5.80. The lowest BCUT2D eigenvalue weighted by molar-refractivity contribution is -0.146. The van der Waals surface area contributed by atoms with E-state index >= 15 is 0 Å². The average Bonchev–Trinajstić information content (AvgIpc) is 1.96. The minimum absolute atomic E-state index is 0.135. The van der Waals surface area contributed by atoms with Gasteiger partial charge in [-0.15, -0.1) is 0 Å². The fourth-order valence-electron chi connectivity index (χ4n) is 0.688. The van der Waals surface area contributed by atoms with E-state index in [0.717, 1.165) is 0 Å². The molecule has 0 aliphatic carbocycles. The smallest absolute Gasteiger partial charge is 0.321 e. The Bertz CT molecular complexity index is 225. The van der Waals surface area contributed by atoms with Gasteiger partial charge in [0, 0.05) is 0 Å². The first kappa shape index (κ1) is 11.6. The zero-order valence-electron chi connectivity index (χ0n) is 7.11. The molecule has 0 amide bonds. The molecule has 0 bridgehead atoms. The van der Waals surface area contributed by atoms with Crippen LogP contribution in [-0.2, 0) is 14.4 Å². The molecule has 0 aromatic rings. The molecule has 0 radical (unpaired) electrons. The summed E-state index contributed by atoms with van der Waals surface area (Å²) in [6.45, 7) is 1.15. The maximum Gasteiger partial charge on any atom is 0.321 e. The normalized spacial score (nSPS) is 12.1. The van der Waals surface area contributed by atoms with Crippen molar-refractivity contribution in [3.8, 4) is 0 Å². The lowest BCUT2D eigenvalue weighted by Crippen LogP contribution is -2.40. The van der Waals surface area contributed by atoms with Gasteiger partial charge in [-0.1, -0.05) is 0 Å². The number of hydrogen-bond acceptors (Lipinski definition) is 4. The van der Waals surface area contributed by atoms with Crippen molar-refractivity contribution in [1.29, 1.82) is 0 Å². The van der Waals surface area contributed by atoms with Crippen LogP contribution in [0.15, 0.2) is 0 Å². The maximum absolute atomic E-state index is 10.5. The summed E-state index contributed by atoms with van der Waals surface area (Å²) in [7, 11) is 0. The van der Waals surface area contributed by atoms with Gasteiger partial charge in [0.15, 0.2) is 0 Å². The van der Waals surface area contributed by atoms with E-state index in [1.165, 1.54) is 6.92 Å². The molecule has 6 nitrogen and oxygen atoms in total. The number of carbonyl (C=O) groups excluding carboxylic acids is 1.